The standard InChI is InChI=1S/C25H31N3O4/c1-18-8-10-23(11-9-18)32-16-4-7-24(30)28-14-12-21(13-15-28)27-25(31)20-5-3-6-22(17-20)26-19(2)29/h3,5-6,8-11,17,21H,4,7,12-16H2,1-2H3,(H,26,29)(H,27,31). The molecule has 1 aliphatic heterocycles. The molecule has 0 spiro atoms. The number of benzene rings is 2. The summed E-state index contributed by atoms with van der Waals surface area (Å²) in [5.41, 5.74) is 2.28. The summed E-state index contributed by atoms with van der Waals surface area (Å²) in [6.45, 7) is 5.24. The van der Waals surface area contributed by atoms with Gasteiger partial charge in [-0.3, -0.25) is 14.4 Å². The van der Waals surface area contributed by atoms with E-state index in [0.717, 1.165) is 18.6 Å². The van der Waals surface area contributed by atoms with E-state index in [1.807, 2.05) is 36.1 Å². The van der Waals surface area contributed by atoms with Crippen molar-refractivity contribution in [2.45, 2.75) is 45.6 Å². The third kappa shape index (κ3) is 7.11. The zero-order valence-corrected chi connectivity index (χ0v) is 18.7. The summed E-state index contributed by atoms with van der Waals surface area (Å²) in [7, 11) is 0. The van der Waals surface area contributed by atoms with Crippen molar-refractivity contribution < 1.29 is 19.1 Å². The summed E-state index contributed by atoms with van der Waals surface area (Å²) in [5, 5.41) is 5.72. The molecule has 2 aromatic rings. The molecule has 0 saturated carbocycles. The number of carbonyl (C=O) groups excluding carboxylic acids is 3. The molecule has 1 heterocycles. The number of likely N-dealkylation sites (tertiary alicyclic amines) is 1. The third-order valence-corrected chi connectivity index (χ3v) is 5.45. The van der Waals surface area contributed by atoms with E-state index >= 15 is 0 Å². The predicted octanol–water partition coefficient (Wildman–Crippen LogP) is 3.53. The number of aryl methyl sites for hydroxylation is 1. The van der Waals surface area contributed by atoms with Crippen molar-refractivity contribution in [2.75, 3.05) is 25.0 Å². The molecule has 1 saturated heterocycles. The Kier molecular flexibility index (Phi) is 8.25. The van der Waals surface area contributed by atoms with Gasteiger partial charge < -0.3 is 20.3 Å². The molecule has 0 aliphatic carbocycles. The van der Waals surface area contributed by atoms with Gasteiger partial charge in [0, 0.05) is 43.7 Å². The summed E-state index contributed by atoms with van der Waals surface area (Å²) < 4.78 is 5.69. The summed E-state index contributed by atoms with van der Waals surface area (Å²) in [6.07, 6.45) is 2.58. The van der Waals surface area contributed by atoms with Crippen molar-refractivity contribution in [1.29, 1.82) is 0 Å². The number of nitrogens with one attached hydrogen (secondary N) is 2. The molecule has 0 unspecified atom stereocenters. The van der Waals surface area contributed by atoms with Gasteiger partial charge in [0.1, 0.15) is 5.75 Å². The molecule has 0 aromatic heterocycles. The second-order valence-electron chi connectivity index (χ2n) is 8.16. The number of ether oxygens (including phenoxy) is 1. The fourth-order valence-electron chi connectivity index (χ4n) is 3.69. The van der Waals surface area contributed by atoms with Gasteiger partial charge in [-0.1, -0.05) is 23.8 Å². The Morgan fingerprint density at radius 1 is 1.06 bits per heavy atom. The maximum atomic E-state index is 12.6. The Hall–Kier alpha value is -3.35. The molecule has 2 aromatic carbocycles. The largest absolute Gasteiger partial charge is 0.494 e. The first-order valence-corrected chi connectivity index (χ1v) is 11.1. The van der Waals surface area contributed by atoms with Crippen LogP contribution in [0.4, 0.5) is 5.69 Å². The van der Waals surface area contributed by atoms with Crippen LogP contribution in [0.2, 0.25) is 0 Å². The average molecular weight is 438 g/mol. The molecular weight excluding hydrogens is 406 g/mol. The van der Waals surface area contributed by atoms with Crippen molar-refractivity contribution >= 4 is 23.4 Å². The van der Waals surface area contributed by atoms with E-state index in [4.69, 9.17) is 4.74 Å². The molecule has 3 rings (SSSR count). The van der Waals surface area contributed by atoms with E-state index in [2.05, 4.69) is 10.6 Å². The number of piperidine rings is 1. The van der Waals surface area contributed by atoms with Crippen molar-refractivity contribution in [3.63, 3.8) is 0 Å². The first-order valence-electron chi connectivity index (χ1n) is 11.1. The summed E-state index contributed by atoms with van der Waals surface area (Å²) >= 11 is 0. The summed E-state index contributed by atoms with van der Waals surface area (Å²) in [5.74, 6) is 0.601. The zero-order valence-electron chi connectivity index (χ0n) is 18.7. The predicted molar refractivity (Wildman–Crippen MR) is 124 cm³/mol. The number of nitrogens with zero attached hydrogens (tertiary/aromatic N) is 1. The van der Waals surface area contributed by atoms with Gasteiger partial charge in [0.15, 0.2) is 0 Å². The number of rotatable bonds is 8. The van der Waals surface area contributed by atoms with Gasteiger partial charge in [-0.25, -0.2) is 0 Å². The van der Waals surface area contributed by atoms with Crippen molar-refractivity contribution in [1.82, 2.24) is 10.2 Å². The highest BCUT2D eigenvalue weighted by Crippen LogP contribution is 2.16. The van der Waals surface area contributed by atoms with Crippen LogP contribution in [0, 0.1) is 6.92 Å². The van der Waals surface area contributed by atoms with Gasteiger partial charge in [-0.05, 0) is 56.5 Å². The quantitative estimate of drug-likeness (QED) is 0.619. The van der Waals surface area contributed by atoms with E-state index < -0.39 is 0 Å². The SMILES string of the molecule is CC(=O)Nc1cccc(C(=O)NC2CCN(C(=O)CCCOc3ccc(C)cc3)CC2)c1. The van der Waals surface area contributed by atoms with E-state index in [-0.39, 0.29) is 23.8 Å². The topological polar surface area (TPSA) is 87.7 Å². The minimum absolute atomic E-state index is 0.0286. The maximum absolute atomic E-state index is 12.6. The Bertz CT molecular complexity index is 934. The summed E-state index contributed by atoms with van der Waals surface area (Å²) in [6, 6.07) is 14.8. The normalized spacial score (nSPS) is 14.0. The lowest BCUT2D eigenvalue weighted by atomic mass is 10.0. The fraction of sp³-hybridized carbons (Fsp3) is 0.400. The monoisotopic (exact) mass is 437 g/mol. The van der Waals surface area contributed by atoms with Crippen LogP contribution in [0.15, 0.2) is 48.5 Å². The molecule has 2 N–H and O–H groups in total. The molecule has 0 radical (unpaired) electrons. The van der Waals surface area contributed by atoms with Crippen LogP contribution in [0.1, 0.15) is 48.5 Å². The Balaban J connectivity index is 1.37. The molecule has 3 amide bonds. The Morgan fingerprint density at radius 2 is 1.78 bits per heavy atom. The second kappa shape index (κ2) is 11.3. The van der Waals surface area contributed by atoms with E-state index in [9.17, 15) is 14.4 Å². The fourth-order valence-corrected chi connectivity index (χ4v) is 3.69. The van der Waals surface area contributed by atoms with Crippen molar-refractivity contribution in [2.24, 2.45) is 0 Å². The number of anilines is 1. The van der Waals surface area contributed by atoms with E-state index in [1.165, 1.54) is 12.5 Å². The highest BCUT2D eigenvalue weighted by Gasteiger charge is 2.24. The van der Waals surface area contributed by atoms with Gasteiger partial charge in [0.05, 0.1) is 6.61 Å². The van der Waals surface area contributed by atoms with Gasteiger partial charge in [0.2, 0.25) is 11.8 Å². The molecule has 7 heteroatoms. The molecular formula is C25H31N3O4. The van der Waals surface area contributed by atoms with Crippen LogP contribution in [0.3, 0.4) is 0 Å². The van der Waals surface area contributed by atoms with Gasteiger partial charge in [0.25, 0.3) is 5.91 Å². The first-order chi connectivity index (χ1) is 15.4. The second-order valence-corrected chi connectivity index (χ2v) is 8.16. The molecule has 0 bridgehead atoms. The molecule has 32 heavy (non-hydrogen) atoms. The van der Waals surface area contributed by atoms with Crippen LogP contribution in [-0.4, -0.2) is 48.4 Å². The summed E-state index contributed by atoms with van der Waals surface area (Å²) in [4.78, 5) is 38.1. The number of hydrogen-bond donors (Lipinski definition) is 2. The zero-order chi connectivity index (χ0) is 22.9. The maximum Gasteiger partial charge on any atom is 0.251 e. The highest BCUT2D eigenvalue weighted by molar-refractivity contribution is 5.97. The Morgan fingerprint density at radius 3 is 2.47 bits per heavy atom. The number of hydrogen-bond acceptors (Lipinski definition) is 4. The molecule has 1 aliphatic rings. The minimum atomic E-state index is -0.179. The van der Waals surface area contributed by atoms with Gasteiger partial charge in [-0.2, -0.15) is 0 Å². The van der Waals surface area contributed by atoms with Crippen molar-refractivity contribution in [3.8, 4) is 5.75 Å². The van der Waals surface area contributed by atoms with Gasteiger partial charge >= 0.3 is 0 Å². The van der Waals surface area contributed by atoms with Crippen LogP contribution in [0.5, 0.6) is 5.75 Å². The highest BCUT2D eigenvalue weighted by atomic mass is 16.5. The Labute approximate surface area is 189 Å². The van der Waals surface area contributed by atoms with Crippen LogP contribution >= 0.6 is 0 Å². The van der Waals surface area contributed by atoms with Crippen molar-refractivity contribution in [3.05, 3.63) is 59.7 Å². The average Bonchev–Trinajstić information content (AvgIpc) is 2.78. The van der Waals surface area contributed by atoms with Gasteiger partial charge in [-0.15, -0.1) is 0 Å². The lowest BCUT2D eigenvalue weighted by Crippen LogP contribution is -2.46. The first kappa shape index (κ1) is 23.3. The number of amides is 3. The number of carbonyl (C=O) groups is 3. The van der Waals surface area contributed by atoms with Crippen LogP contribution < -0.4 is 15.4 Å². The molecule has 170 valence electrons. The van der Waals surface area contributed by atoms with Crippen LogP contribution in [-0.2, 0) is 9.59 Å². The third-order valence-electron chi connectivity index (χ3n) is 5.45. The lowest BCUT2D eigenvalue weighted by molar-refractivity contribution is -0.132. The minimum Gasteiger partial charge on any atom is -0.494 e. The lowest BCUT2D eigenvalue weighted by Gasteiger charge is -2.32. The molecule has 1 fully saturated rings. The van der Waals surface area contributed by atoms with Crippen LogP contribution in [0.25, 0.3) is 0 Å². The smallest absolute Gasteiger partial charge is 0.251 e. The molecule has 0 atom stereocenters. The molecule has 7 nitrogen and oxygen atoms in total. The van der Waals surface area contributed by atoms with E-state index in [1.54, 1.807) is 24.3 Å². The van der Waals surface area contributed by atoms with E-state index in [0.29, 0.717) is 43.8 Å².